The molecule has 248 valence electrons. The highest BCUT2D eigenvalue weighted by Gasteiger charge is 2.24. The maximum Gasteiger partial charge on any atom is 0.352 e. The summed E-state index contributed by atoms with van der Waals surface area (Å²) in [6.07, 6.45) is 7.21. The van der Waals surface area contributed by atoms with Gasteiger partial charge in [0, 0.05) is 75.1 Å². The van der Waals surface area contributed by atoms with Crippen LogP contribution in [0.25, 0.3) is 17.0 Å². The van der Waals surface area contributed by atoms with E-state index in [4.69, 9.17) is 21.3 Å². The van der Waals surface area contributed by atoms with Crippen LogP contribution in [0.4, 0.5) is 5.69 Å². The number of nitrogens with zero attached hydrogens (tertiary/aromatic N) is 4. The number of hydrazone groups is 1. The lowest BCUT2D eigenvalue weighted by Crippen LogP contribution is -2.18. The maximum atomic E-state index is 12.7. The molecule has 0 radical (unpaired) electrons. The van der Waals surface area contributed by atoms with Crippen LogP contribution in [0.2, 0.25) is 5.02 Å². The van der Waals surface area contributed by atoms with E-state index in [2.05, 4.69) is 42.5 Å². The number of thiazole rings is 1. The standard InChI is InChI=1S/C35H40ClN5O3S3/c1-5-38-41(6-2)23-16-27-28(36)12-11-26-25(34(35(42)43)40(4)33(26)27)10-8-14-44-29-17-24(15-22-9-7-13-37-32(22)29)46-19-30-21(3)39-31(47-30)20-45-18-23/h5,11-12,15-17,37H,6-10,13-14,18-20H2,1-4H3,(H,42,43)/b23-16+,38-5+. The second kappa shape index (κ2) is 15.0. The van der Waals surface area contributed by atoms with Gasteiger partial charge in [-0.3, -0.25) is 5.01 Å². The van der Waals surface area contributed by atoms with Gasteiger partial charge in [0.2, 0.25) is 0 Å². The molecule has 12 heteroatoms. The first kappa shape index (κ1) is 33.8. The van der Waals surface area contributed by atoms with Crippen molar-refractivity contribution in [1.29, 1.82) is 0 Å². The first-order chi connectivity index (χ1) is 22.8. The Kier molecular flexibility index (Phi) is 10.8. The number of fused-ring (bicyclic) bond motifs is 6. The molecule has 2 aliphatic rings. The number of aryl methyl sites for hydroxylation is 4. The molecule has 0 spiro atoms. The number of hydrogen-bond donors (Lipinski definition) is 2. The Hall–Kier alpha value is -3.12. The molecular weight excluding hydrogens is 670 g/mol. The summed E-state index contributed by atoms with van der Waals surface area (Å²) in [5, 5.41) is 23.1. The van der Waals surface area contributed by atoms with E-state index in [0.717, 1.165) is 80.8 Å². The Balaban J connectivity index is 1.45. The largest absolute Gasteiger partial charge is 0.491 e. The highest BCUT2D eigenvalue weighted by Crippen LogP contribution is 2.40. The highest BCUT2D eigenvalue weighted by atomic mass is 35.5. The Morgan fingerprint density at radius 1 is 1.23 bits per heavy atom. The SMILES string of the molecule is C/C=N/N(CC)/C1=C/c2c(Cl)ccc3c(c(C(=O)O)n(C)c23)CCCOc2cc(cc3c2NCCC3)SCc2sc(nc2C)CSC1. The van der Waals surface area contributed by atoms with E-state index >= 15 is 0 Å². The quantitative estimate of drug-likeness (QED) is 0.160. The molecule has 0 fully saturated rings. The van der Waals surface area contributed by atoms with Gasteiger partial charge in [0.15, 0.2) is 0 Å². The lowest BCUT2D eigenvalue weighted by Gasteiger charge is -2.22. The maximum absolute atomic E-state index is 12.7. The molecule has 0 atom stereocenters. The van der Waals surface area contributed by atoms with E-state index in [1.165, 1.54) is 15.3 Å². The number of hydrogen-bond acceptors (Lipinski definition) is 9. The van der Waals surface area contributed by atoms with E-state index < -0.39 is 5.97 Å². The molecule has 2 aromatic heterocycles. The topological polar surface area (TPSA) is 92.0 Å². The smallest absolute Gasteiger partial charge is 0.352 e. The number of carboxylic acids is 1. The third-order valence-electron chi connectivity index (χ3n) is 8.54. The second-order valence-corrected chi connectivity index (χ2v) is 15.2. The summed E-state index contributed by atoms with van der Waals surface area (Å²) >= 11 is 12.3. The molecule has 4 heterocycles. The van der Waals surface area contributed by atoms with Crippen molar-refractivity contribution in [3.63, 3.8) is 0 Å². The normalized spacial score (nSPS) is 17.0. The van der Waals surface area contributed by atoms with E-state index in [0.29, 0.717) is 36.8 Å². The minimum atomic E-state index is -0.956. The molecule has 0 amide bonds. The van der Waals surface area contributed by atoms with E-state index in [1.807, 2.05) is 42.9 Å². The highest BCUT2D eigenvalue weighted by molar-refractivity contribution is 7.99. The molecule has 8 bridgehead atoms. The summed E-state index contributed by atoms with van der Waals surface area (Å²) < 4.78 is 8.24. The molecule has 2 N–H and O–H groups in total. The van der Waals surface area contributed by atoms with Crippen LogP contribution in [-0.4, -0.2) is 57.3 Å². The van der Waals surface area contributed by atoms with Crippen LogP contribution in [0.3, 0.4) is 0 Å². The lowest BCUT2D eigenvalue weighted by atomic mass is 10.0. The number of halogens is 1. The number of carbonyl (C=O) groups is 1. The van der Waals surface area contributed by atoms with Gasteiger partial charge in [0.25, 0.3) is 0 Å². The van der Waals surface area contributed by atoms with Gasteiger partial charge in [-0.15, -0.1) is 34.9 Å². The minimum absolute atomic E-state index is 0.279. The molecule has 2 aromatic carbocycles. The van der Waals surface area contributed by atoms with Crippen molar-refractivity contribution < 1.29 is 14.6 Å². The van der Waals surface area contributed by atoms with Crippen LogP contribution in [0.15, 0.2) is 40.0 Å². The zero-order valence-electron chi connectivity index (χ0n) is 27.2. The van der Waals surface area contributed by atoms with Gasteiger partial charge in [-0.05, 0) is 81.9 Å². The molecule has 0 saturated carbocycles. The lowest BCUT2D eigenvalue weighted by molar-refractivity contribution is 0.0685. The Morgan fingerprint density at radius 3 is 2.87 bits per heavy atom. The van der Waals surface area contributed by atoms with Gasteiger partial charge in [0.1, 0.15) is 16.5 Å². The van der Waals surface area contributed by atoms with Crippen LogP contribution < -0.4 is 10.1 Å². The molecule has 0 aliphatic carbocycles. The fourth-order valence-corrected chi connectivity index (χ4v) is 9.86. The first-order valence-corrected chi connectivity index (χ1v) is 19.3. The summed E-state index contributed by atoms with van der Waals surface area (Å²) in [4.78, 5) is 20.1. The van der Waals surface area contributed by atoms with Gasteiger partial charge in [-0.2, -0.15) is 5.10 Å². The van der Waals surface area contributed by atoms with Gasteiger partial charge in [-0.1, -0.05) is 17.7 Å². The van der Waals surface area contributed by atoms with E-state index in [1.54, 1.807) is 33.9 Å². The van der Waals surface area contributed by atoms with Crippen LogP contribution in [-0.2, 0) is 31.4 Å². The number of nitrogens with one attached hydrogen (secondary N) is 1. The molecule has 47 heavy (non-hydrogen) atoms. The van der Waals surface area contributed by atoms with Crippen molar-refractivity contribution in [2.45, 2.75) is 62.9 Å². The van der Waals surface area contributed by atoms with Crippen LogP contribution >= 0.6 is 46.5 Å². The van der Waals surface area contributed by atoms with Crippen molar-refractivity contribution in [3.05, 3.63) is 72.9 Å². The molecule has 2 aliphatic heterocycles. The number of rotatable bonds is 4. The van der Waals surface area contributed by atoms with Crippen molar-refractivity contribution in [3.8, 4) is 5.75 Å². The number of carboxylic acid groups (broad SMARTS) is 1. The molecular formula is C35H40ClN5O3S3. The van der Waals surface area contributed by atoms with E-state index in [9.17, 15) is 9.90 Å². The van der Waals surface area contributed by atoms with Crippen molar-refractivity contribution in [1.82, 2.24) is 14.6 Å². The monoisotopic (exact) mass is 709 g/mol. The third kappa shape index (κ3) is 7.18. The van der Waals surface area contributed by atoms with Crippen LogP contribution in [0.1, 0.15) is 69.4 Å². The summed E-state index contributed by atoms with van der Waals surface area (Å²) in [6, 6.07) is 8.28. The zero-order chi connectivity index (χ0) is 33.1. The van der Waals surface area contributed by atoms with Gasteiger partial charge >= 0.3 is 5.97 Å². The second-order valence-electron chi connectivity index (χ2n) is 11.6. The number of ether oxygens (including phenoxy) is 1. The Labute approximate surface area is 293 Å². The molecule has 8 nitrogen and oxygen atoms in total. The number of anilines is 1. The fraction of sp³-hybridized carbons (Fsp3) is 0.400. The zero-order valence-corrected chi connectivity index (χ0v) is 30.4. The summed E-state index contributed by atoms with van der Waals surface area (Å²) in [5.41, 5.74) is 7.12. The first-order valence-electron chi connectivity index (χ1n) is 16.0. The fourth-order valence-electron chi connectivity index (χ4n) is 6.39. The predicted molar refractivity (Wildman–Crippen MR) is 199 cm³/mol. The molecule has 0 saturated heterocycles. The number of aromatic carboxylic acids is 1. The number of aromatic nitrogens is 2. The predicted octanol–water partition coefficient (Wildman–Crippen LogP) is 8.87. The van der Waals surface area contributed by atoms with Gasteiger partial charge in [0.05, 0.1) is 23.5 Å². The van der Waals surface area contributed by atoms with Gasteiger partial charge < -0.3 is 19.7 Å². The molecule has 0 unspecified atom stereocenters. The summed E-state index contributed by atoms with van der Waals surface area (Å²) in [5.74, 6) is 2.23. The molecule has 4 aromatic rings. The van der Waals surface area contributed by atoms with Crippen LogP contribution in [0, 0.1) is 6.92 Å². The number of benzene rings is 2. The van der Waals surface area contributed by atoms with Crippen molar-refractivity contribution in [2.75, 3.05) is 30.8 Å². The Bertz CT molecular complexity index is 1860. The van der Waals surface area contributed by atoms with Crippen molar-refractivity contribution >= 4 is 81.3 Å². The summed E-state index contributed by atoms with van der Waals surface area (Å²) in [7, 11) is 1.82. The van der Waals surface area contributed by atoms with E-state index in [-0.39, 0.29) is 5.69 Å². The average molecular weight is 710 g/mol. The minimum Gasteiger partial charge on any atom is -0.491 e. The number of thioether (sulfide) groups is 2. The summed E-state index contributed by atoms with van der Waals surface area (Å²) in [6.45, 7) is 8.16. The van der Waals surface area contributed by atoms with Crippen LogP contribution in [0.5, 0.6) is 5.75 Å². The third-order valence-corrected chi connectivity index (χ3v) is 12.4. The Morgan fingerprint density at radius 2 is 2.09 bits per heavy atom. The van der Waals surface area contributed by atoms with Crippen molar-refractivity contribution in [2.24, 2.45) is 12.1 Å². The van der Waals surface area contributed by atoms with Gasteiger partial charge in [-0.25, -0.2) is 9.78 Å². The molecule has 6 rings (SSSR count). The average Bonchev–Trinajstić information content (AvgIpc) is 3.56.